The smallest absolute Gasteiger partial charge is 0.341 e. The van der Waals surface area contributed by atoms with E-state index in [9.17, 15) is 19.8 Å². The van der Waals surface area contributed by atoms with Gasteiger partial charge in [0.25, 0.3) is 0 Å². The first-order chi connectivity index (χ1) is 8.56. The van der Waals surface area contributed by atoms with Gasteiger partial charge in [0.05, 0.1) is 5.92 Å². The van der Waals surface area contributed by atoms with Crippen LogP contribution in [-0.4, -0.2) is 22.0 Å². The number of carboxylic acid groups (broad SMARTS) is 1. The summed E-state index contributed by atoms with van der Waals surface area (Å²) in [6.45, 7) is 0. The highest BCUT2D eigenvalue weighted by Crippen LogP contribution is 2.37. The third-order valence-corrected chi connectivity index (χ3v) is 3.60. The van der Waals surface area contributed by atoms with Crippen molar-refractivity contribution in [1.82, 2.24) is 0 Å². The van der Waals surface area contributed by atoms with Crippen molar-refractivity contribution in [3.8, 4) is 0 Å². The molecule has 0 bridgehead atoms. The van der Waals surface area contributed by atoms with Gasteiger partial charge in [0, 0.05) is 6.42 Å². The Morgan fingerprint density at radius 3 is 2.44 bits per heavy atom. The Morgan fingerprint density at radius 1 is 1.22 bits per heavy atom. The minimum Gasteiger partial charge on any atom is -0.479 e. The van der Waals surface area contributed by atoms with E-state index in [1.807, 2.05) is 0 Å². The van der Waals surface area contributed by atoms with E-state index in [1.54, 1.807) is 30.3 Å². The molecule has 2 N–H and O–H groups in total. The van der Waals surface area contributed by atoms with Crippen molar-refractivity contribution in [2.24, 2.45) is 5.92 Å². The lowest BCUT2D eigenvalue weighted by molar-refractivity contribution is -0.171. The number of Topliss-reactive ketones (excluding diaryl/α,β-unsaturated/α-hetero) is 1. The van der Waals surface area contributed by atoms with E-state index in [0.29, 0.717) is 12.8 Å². The molecule has 4 heteroatoms. The third-order valence-electron chi connectivity index (χ3n) is 3.60. The standard InChI is InChI=1S/C14H16O4/c15-12-9-5-4-8-11(12)14(18,13(16)17)10-6-2-1-3-7-10/h1-3,6-7,11,18H,4-5,8-9H2,(H,16,17)/t11?,14-/m1/s1. The first-order valence-corrected chi connectivity index (χ1v) is 6.11. The lowest BCUT2D eigenvalue weighted by Crippen LogP contribution is -2.47. The van der Waals surface area contributed by atoms with Gasteiger partial charge in [0.15, 0.2) is 5.60 Å². The fraction of sp³-hybridized carbons (Fsp3) is 0.429. The number of benzene rings is 1. The maximum atomic E-state index is 11.9. The van der Waals surface area contributed by atoms with Crippen molar-refractivity contribution >= 4 is 11.8 Å². The van der Waals surface area contributed by atoms with E-state index in [4.69, 9.17) is 0 Å². The lowest BCUT2D eigenvalue weighted by atomic mass is 9.72. The number of aliphatic carboxylic acids is 1. The van der Waals surface area contributed by atoms with Gasteiger partial charge in [-0.15, -0.1) is 0 Å². The van der Waals surface area contributed by atoms with Gasteiger partial charge in [-0.1, -0.05) is 36.8 Å². The number of carbonyl (C=O) groups excluding carboxylic acids is 1. The summed E-state index contributed by atoms with van der Waals surface area (Å²) in [5.41, 5.74) is -1.82. The summed E-state index contributed by atoms with van der Waals surface area (Å²) >= 11 is 0. The average molecular weight is 248 g/mol. The second-order valence-electron chi connectivity index (χ2n) is 4.70. The largest absolute Gasteiger partial charge is 0.479 e. The molecule has 0 spiro atoms. The monoisotopic (exact) mass is 248 g/mol. The zero-order valence-electron chi connectivity index (χ0n) is 10.0. The molecule has 18 heavy (non-hydrogen) atoms. The van der Waals surface area contributed by atoms with Crippen LogP contribution in [0.25, 0.3) is 0 Å². The Balaban J connectivity index is 2.44. The lowest BCUT2D eigenvalue weighted by Gasteiger charge is -2.34. The van der Waals surface area contributed by atoms with Crippen LogP contribution in [-0.2, 0) is 15.2 Å². The van der Waals surface area contributed by atoms with Crippen LogP contribution in [0, 0.1) is 5.92 Å². The predicted molar refractivity (Wildman–Crippen MR) is 64.9 cm³/mol. The van der Waals surface area contributed by atoms with E-state index in [1.165, 1.54) is 0 Å². The van der Waals surface area contributed by atoms with E-state index < -0.39 is 17.5 Å². The summed E-state index contributed by atoms with van der Waals surface area (Å²) in [7, 11) is 0. The zero-order valence-corrected chi connectivity index (χ0v) is 10.0. The molecule has 4 nitrogen and oxygen atoms in total. The molecular weight excluding hydrogens is 232 g/mol. The maximum Gasteiger partial charge on any atom is 0.341 e. The van der Waals surface area contributed by atoms with Gasteiger partial charge in [0.1, 0.15) is 5.78 Å². The van der Waals surface area contributed by atoms with E-state index in [-0.39, 0.29) is 11.3 Å². The maximum absolute atomic E-state index is 11.9. The molecule has 1 aromatic carbocycles. The fourth-order valence-corrected chi connectivity index (χ4v) is 2.59. The summed E-state index contributed by atoms with van der Waals surface area (Å²) in [5, 5.41) is 19.9. The van der Waals surface area contributed by atoms with Crippen molar-refractivity contribution in [2.75, 3.05) is 0 Å². The molecule has 2 rings (SSSR count). The Kier molecular flexibility index (Phi) is 3.48. The first-order valence-electron chi connectivity index (χ1n) is 6.11. The molecule has 0 radical (unpaired) electrons. The Bertz CT molecular complexity index is 454. The van der Waals surface area contributed by atoms with Gasteiger partial charge in [0.2, 0.25) is 0 Å². The second-order valence-corrected chi connectivity index (χ2v) is 4.70. The van der Waals surface area contributed by atoms with Crippen LogP contribution in [0.3, 0.4) is 0 Å². The topological polar surface area (TPSA) is 74.6 Å². The minimum atomic E-state index is -2.10. The van der Waals surface area contributed by atoms with Crippen molar-refractivity contribution in [1.29, 1.82) is 0 Å². The molecule has 1 saturated carbocycles. The molecule has 2 atom stereocenters. The number of hydrogen-bond donors (Lipinski definition) is 2. The fourth-order valence-electron chi connectivity index (χ4n) is 2.59. The highest BCUT2D eigenvalue weighted by molar-refractivity contribution is 5.91. The molecule has 1 aliphatic rings. The number of rotatable bonds is 3. The quantitative estimate of drug-likeness (QED) is 0.854. The van der Waals surface area contributed by atoms with E-state index >= 15 is 0 Å². The highest BCUT2D eigenvalue weighted by Gasteiger charge is 2.49. The number of aliphatic hydroxyl groups is 1. The number of carbonyl (C=O) groups is 2. The van der Waals surface area contributed by atoms with Crippen LogP contribution in [0.4, 0.5) is 0 Å². The van der Waals surface area contributed by atoms with Crippen LogP contribution < -0.4 is 0 Å². The van der Waals surface area contributed by atoms with Gasteiger partial charge >= 0.3 is 5.97 Å². The van der Waals surface area contributed by atoms with Crippen molar-refractivity contribution in [3.05, 3.63) is 35.9 Å². The first kappa shape index (κ1) is 12.8. The van der Waals surface area contributed by atoms with Crippen molar-refractivity contribution in [3.63, 3.8) is 0 Å². The summed E-state index contributed by atoms with van der Waals surface area (Å²) in [4.78, 5) is 23.4. The number of carboxylic acids is 1. The minimum absolute atomic E-state index is 0.157. The summed E-state index contributed by atoms with van der Waals surface area (Å²) < 4.78 is 0. The Labute approximate surface area is 105 Å². The molecule has 1 fully saturated rings. The highest BCUT2D eigenvalue weighted by atomic mass is 16.4. The van der Waals surface area contributed by atoms with E-state index in [2.05, 4.69) is 0 Å². The zero-order chi connectivity index (χ0) is 13.2. The second kappa shape index (κ2) is 4.90. The Hall–Kier alpha value is -1.68. The molecule has 0 saturated heterocycles. The molecule has 1 unspecified atom stereocenters. The van der Waals surface area contributed by atoms with Gasteiger partial charge in [-0.25, -0.2) is 4.79 Å². The molecule has 0 aliphatic heterocycles. The molecule has 0 aromatic heterocycles. The van der Waals surface area contributed by atoms with Crippen LogP contribution in [0.5, 0.6) is 0 Å². The van der Waals surface area contributed by atoms with E-state index in [0.717, 1.165) is 12.8 Å². The van der Waals surface area contributed by atoms with Crippen molar-refractivity contribution < 1.29 is 19.8 Å². The Morgan fingerprint density at radius 2 is 1.89 bits per heavy atom. The summed E-state index contributed by atoms with van der Waals surface area (Å²) in [5.74, 6) is -2.35. The third kappa shape index (κ3) is 2.04. The summed E-state index contributed by atoms with van der Waals surface area (Å²) in [6, 6.07) is 8.17. The molecule has 1 aromatic rings. The van der Waals surface area contributed by atoms with Gasteiger partial charge < -0.3 is 10.2 Å². The van der Waals surface area contributed by atoms with Gasteiger partial charge in [-0.2, -0.15) is 0 Å². The SMILES string of the molecule is O=C1CCCCC1[C@@](O)(C(=O)O)c1ccccc1. The van der Waals surface area contributed by atoms with Crippen molar-refractivity contribution in [2.45, 2.75) is 31.3 Å². The molecule has 0 heterocycles. The molecule has 1 aliphatic carbocycles. The van der Waals surface area contributed by atoms with Gasteiger partial charge in [-0.3, -0.25) is 4.79 Å². The van der Waals surface area contributed by atoms with Crippen LogP contribution in [0.1, 0.15) is 31.2 Å². The van der Waals surface area contributed by atoms with Crippen LogP contribution in [0.15, 0.2) is 30.3 Å². The normalized spacial score (nSPS) is 23.4. The molecular formula is C14H16O4. The number of hydrogen-bond acceptors (Lipinski definition) is 3. The number of ketones is 1. The average Bonchev–Trinajstić information content (AvgIpc) is 2.39. The van der Waals surface area contributed by atoms with Crippen LogP contribution >= 0.6 is 0 Å². The molecule has 96 valence electrons. The summed E-state index contributed by atoms with van der Waals surface area (Å²) in [6.07, 6.45) is 2.34. The van der Waals surface area contributed by atoms with Gasteiger partial charge in [-0.05, 0) is 18.4 Å². The predicted octanol–water partition coefficient (Wildman–Crippen LogP) is 1.72. The molecule has 0 amide bonds. The van der Waals surface area contributed by atoms with Crippen LogP contribution in [0.2, 0.25) is 0 Å².